The number of benzene rings is 2. The summed E-state index contributed by atoms with van der Waals surface area (Å²) in [6.07, 6.45) is -15.6. The van der Waals surface area contributed by atoms with Crippen LogP contribution in [0.4, 0.5) is 55.7 Å². The molecule has 0 bridgehead atoms. The number of alkyl halides is 9. The van der Waals surface area contributed by atoms with Gasteiger partial charge in [-0.3, -0.25) is 5.32 Å². The second-order valence-corrected chi connectivity index (χ2v) is 6.59. The van der Waals surface area contributed by atoms with E-state index < -0.39 is 53.4 Å². The first-order valence-electron chi connectivity index (χ1n) is 9.02. The zero-order valence-corrected chi connectivity index (χ0v) is 17.2. The number of methoxy groups -OCH3 is 1. The molecule has 7 nitrogen and oxygen atoms in total. The molecule has 0 heterocycles. The lowest BCUT2D eigenvalue weighted by atomic mass is 10.1. The summed E-state index contributed by atoms with van der Waals surface area (Å²) < 4.78 is 125. The van der Waals surface area contributed by atoms with E-state index >= 15 is 0 Å². The van der Waals surface area contributed by atoms with Crippen molar-refractivity contribution in [3.8, 4) is 5.75 Å². The van der Waals surface area contributed by atoms with Crippen LogP contribution in [0.2, 0.25) is 0 Å². The first kappa shape index (κ1) is 27.4. The van der Waals surface area contributed by atoms with Crippen LogP contribution >= 0.6 is 0 Å². The van der Waals surface area contributed by atoms with Crippen LogP contribution in [0.25, 0.3) is 0 Å². The van der Waals surface area contributed by atoms with Crippen molar-refractivity contribution in [2.24, 2.45) is 0 Å². The molecule has 2 amide bonds. The van der Waals surface area contributed by atoms with Crippen LogP contribution in [0.3, 0.4) is 0 Å². The summed E-state index contributed by atoms with van der Waals surface area (Å²) >= 11 is 0. The second kappa shape index (κ2) is 9.79. The number of carbonyl (C=O) groups excluding carboxylic acids is 2. The van der Waals surface area contributed by atoms with Gasteiger partial charge in [0.05, 0.1) is 12.7 Å². The monoisotopic (exact) mass is 519 g/mol. The van der Waals surface area contributed by atoms with E-state index in [2.05, 4.69) is 9.47 Å². The maximum atomic E-state index is 14.0. The van der Waals surface area contributed by atoms with Gasteiger partial charge in [-0.15, -0.1) is 13.2 Å². The molecule has 0 saturated heterocycles. The third-order valence-corrected chi connectivity index (χ3v) is 4.09. The molecule has 0 aromatic heterocycles. The number of amides is 2. The summed E-state index contributed by atoms with van der Waals surface area (Å²) in [5, 5.41) is 4.65. The molecule has 2 aromatic carbocycles. The van der Waals surface area contributed by atoms with Gasteiger partial charge in [0.1, 0.15) is 5.75 Å². The fourth-order valence-electron chi connectivity index (χ4n) is 2.61. The highest BCUT2D eigenvalue weighted by Crippen LogP contribution is 2.36. The predicted octanol–water partition coefficient (Wildman–Crippen LogP) is 5.27. The molecule has 2 rings (SSSR count). The lowest BCUT2D eigenvalue weighted by Gasteiger charge is -2.35. The average molecular weight is 519 g/mol. The van der Waals surface area contributed by atoms with Crippen molar-refractivity contribution in [2.75, 3.05) is 17.7 Å². The summed E-state index contributed by atoms with van der Waals surface area (Å²) in [6, 6.07) is 3.81. The van der Waals surface area contributed by atoms with Crippen LogP contribution in [-0.2, 0) is 15.7 Å². The Balaban J connectivity index is 2.35. The van der Waals surface area contributed by atoms with Gasteiger partial charge in [0.15, 0.2) is 0 Å². The first-order chi connectivity index (χ1) is 16.0. The van der Waals surface area contributed by atoms with Gasteiger partial charge in [0.2, 0.25) is 0 Å². The summed E-state index contributed by atoms with van der Waals surface area (Å²) in [5.41, 5.74) is -6.59. The van der Waals surface area contributed by atoms with Gasteiger partial charge >= 0.3 is 36.4 Å². The molecule has 1 atom stereocenters. The standard InChI is InChI=1S/C19H14F9N3O4/c1-34-14(32)16(18(23,24)25,30-12-4-2-3-10(9-12)17(20,21)22)31-15(33)29-11-5-7-13(8-6-11)35-19(26,27)28/h2-9,30H,1H3,(H2,29,31,33)/t16-/m1/s1. The van der Waals surface area contributed by atoms with Crippen LogP contribution in [0, 0.1) is 0 Å². The van der Waals surface area contributed by atoms with Crippen molar-refractivity contribution in [1.29, 1.82) is 0 Å². The number of urea groups is 1. The number of esters is 1. The quantitative estimate of drug-likeness (QED) is 0.275. The fraction of sp³-hybridized carbons (Fsp3) is 0.263. The SMILES string of the molecule is COC(=O)[C@](NC(=O)Nc1ccc(OC(F)(F)F)cc1)(Nc1cccc(C(F)(F)F)c1)C(F)(F)F. The van der Waals surface area contributed by atoms with Gasteiger partial charge < -0.3 is 20.1 Å². The molecule has 35 heavy (non-hydrogen) atoms. The molecule has 0 aliphatic heterocycles. The molecule has 0 aliphatic rings. The normalized spacial score (nSPS) is 13.9. The topological polar surface area (TPSA) is 88.7 Å². The molecule has 0 spiro atoms. The fourth-order valence-corrected chi connectivity index (χ4v) is 2.61. The van der Waals surface area contributed by atoms with Crippen LogP contribution < -0.4 is 20.7 Å². The molecular formula is C19H14F9N3O4. The van der Waals surface area contributed by atoms with Crippen molar-refractivity contribution in [1.82, 2.24) is 5.32 Å². The molecule has 0 aliphatic carbocycles. The van der Waals surface area contributed by atoms with Crippen LogP contribution in [0.15, 0.2) is 48.5 Å². The smallest absolute Gasteiger partial charge is 0.466 e. The number of carbonyl (C=O) groups is 2. The van der Waals surface area contributed by atoms with E-state index in [9.17, 15) is 49.1 Å². The maximum Gasteiger partial charge on any atom is 0.573 e. The minimum Gasteiger partial charge on any atom is -0.466 e. The number of hydrogen-bond acceptors (Lipinski definition) is 5. The zero-order valence-electron chi connectivity index (χ0n) is 17.2. The highest BCUT2D eigenvalue weighted by atomic mass is 19.4. The highest BCUT2D eigenvalue weighted by Gasteiger charge is 2.63. The summed E-state index contributed by atoms with van der Waals surface area (Å²) in [7, 11) is 0.537. The second-order valence-electron chi connectivity index (χ2n) is 6.59. The van der Waals surface area contributed by atoms with Gasteiger partial charge in [0.25, 0.3) is 0 Å². The summed E-state index contributed by atoms with van der Waals surface area (Å²) in [5.74, 6) is -2.83. The lowest BCUT2D eigenvalue weighted by molar-refractivity contribution is -0.274. The van der Waals surface area contributed by atoms with Crippen molar-refractivity contribution < 1.29 is 58.6 Å². The van der Waals surface area contributed by atoms with E-state index in [1.807, 2.05) is 5.32 Å². The molecular weight excluding hydrogens is 505 g/mol. The van der Waals surface area contributed by atoms with Gasteiger partial charge in [0, 0.05) is 11.4 Å². The zero-order chi connectivity index (χ0) is 26.7. The number of halogens is 9. The maximum absolute atomic E-state index is 14.0. The Morgan fingerprint density at radius 1 is 0.829 bits per heavy atom. The molecule has 0 radical (unpaired) electrons. The number of hydrogen-bond donors (Lipinski definition) is 3. The predicted molar refractivity (Wildman–Crippen MR) is 101 cm³/mol. The third-order valence-electron chi connectivity index (χ3n) is 4.09. The van der Waals surface area contributed by atoms with E-state index in [1.54, 1.807) is 0 Å². The molecule has 0 unspecified atom stereocenters. The number of rotatable bonds is 6. The Kier molecular flexibility index (Phi) is 7.66. The summed E-state index contributed by atoms with van der Waals surface area (Å²) in [6.45, 7) is 0. The van der Waals surface area contributed by atoms with Crippen molar-refractivity contribution in [3.05, 3.63) is 54.1 Å². The average Bonchev–Trinajstić information content (AvgIpc) is 2.71. The number of anilines is 2. The van der Waals surface area contributed by atoms with Crippen LogP contribution in [-0.4, -0.2) is 37.3 Å². The van der Waals surface area contributed by atoms with E-state index in [0.29, 0.717) is 13.2 Å². The molecule has 0 fully saturated rings. The molecule has 192 valence electrons. The molecule has 0 saturated carbocycles. The van der Waals surface area contributed by atoms with Crippen LogP contribution in [0.5, 0.6) is 5.75 Å². The van der Waals surface area contributed by atoms with Gasteiger partial charge in [-0.05, 0) is 42.5 Å². The Bertz CT molecular complexity index is 1050. The third kappa shape index (κ3) is 7.07. The van der Waals surface area contributed by atoms with Crippen molar-refractivity contribution in [2.45, 2.75) is 24.4 Å². The van der Waals surface area contributed by atoms with Crippen LogP contribution in [0.1, 0.15) is 5.56 Å². The molecule has 2 aromatic rings. The Morgan fingerprint density at radius 2 is 1.43 bits per heavy atom. The van der Waals surface area contributed by atoms with Gasteiger partial charge in [-0.25, -0.2) is 9.59 Å². The number of ether oxygens (including phenoxy) is 2. The Hall–Kier alpha value is -3.85. The van der Waals surface area contributed by atoms with Crippen molar-refractivity contribution in [3.63, 3.8) is 0 Å². The lowest BCUT2D eigenvalue weighted by Crippen LogP contribution is -2.69. The number of nitrogens with one attached hydrogen (secondary N) is 3. The summed E-state index contributed by atoms with van der Waals surface area (Å²) in [4.78, 5) is 24.4. The molecule has 16 heteroatoms. The van der Waals surface area contributed by atoms with Gasteiger partial charge in [-0.2, -0.15) is 26.3 Å². The van der Waals surface area contributed by atoms with E-state index in [0.717, 1.165) is 36.4 Å². The van der Waals surface area contributed by atoms with Crippen molar-refractivity contribution >= 4 is 23.4 Å². The minimum absolute atomic E-state index is 0.266. The highest BCUT2D eigenvalue weighted by molar-refractivity contribution is 5.96. The first-order valence-corrected chi connectivity index (χ1v) is 9.02. The van der Waals surface area contributed by atoms with Gasteiger partial charge in [-0.1, -0.05) is 6.07 Å². The molecule has 3 N–H and O–H groups in total. The van der Waals surface area contributed by atoms with E-state index in [1.165, 1.54) is 10.6 Å². The minimum atomic E-state index is -5.66. The largest absolute Gasteiger partial charge is 0.573 e. The van der Waals surface area contributed by atoms with E-state index in [-0.39, 0.29) is 11.8 Å². The Morgan fingerprint density at radius 3 is 1.91 bits per heavy atom. The van der Waals surface area contributed by atoms with E-state index in [4.69, 9.17) is 0 Å². The Labute approximate surface area is 190 Å².